The number of hydrogen-bond donors (Lipinski definition) is 4. The average molecular weight is 197 g/mol. The van der Waals surface area contributed by atoms with Gasteiger partial charge in [0.25, 0.3) is 0 Å². The van der Waals surface area contributed by atoms with Crippen LogP contribution in [0.15, 0.2) is 6.20 Å². The Balaban J connectivity index is 2.98. The first-order valence-electron chi connectivity index (χ1n) is 3.96. The molecule has 0 atom stereocenters. The summed E-state index contributed by atoms with van der Waals surface area (Å²) >= 11 is 0. The number of carbonyl (C=O) groups excluding carboxylic acids is 1. The van der Waals surface area contributed by atoms with Crippen molar-refractivity contribution in [3.8, 4) is 0 Å². The van der Waals surface area contributed by atoms with Crippen molar-refractivity contribution in [2.45, 2.75) is 6.92 Å². The molecule has 0 aliphatic carbocycles. The summed E-state index contributed by atoms with van der Waals surface area (Å²) in [5, 5.41) is 13.6. The van der Waals surface area contributed by atoms with E-state index in [1.165, 1.54) is 13.2 Å². The summed E-state index contributed by atoms with van der Waals surface area (Å²) in [5.74, 6) is -1.07. The maximum Gasteiger partial charge on any atom is 0.339 e. The second-order valence-corrected chi connectivity index (χ2v) is 2.71. The normalized spacial score (nSPS) is 9.57. The molecule has 76 valence electrons. The molecule has 6 heteroatoms. The van der Waals surface area contributed by atoms with E-state index < -0.39 is 12.0 Å². The number of rotatable bonds is 2. The van der Waals surface area contributed by atoms with Crippen LogP contribution in [0.4, 0.5) is 10.5 Å². The van der Waals surface area contributed by atoms with Crippen LogP contribution in [-0.4, -0.2) is 29.1 Å². The van der Waals surface area contributed by atoms with Gasteiger partial charge in [-0.3, -0.25) is 0 Å². The largest absolute Gasteiger partial charge is 0.478 e. The van der Waals surface area contributed by atoms with E-state index in [0.717, 1.165) is 0 Å². The van der Waals surface area contributed by atoms with Gasteiger partial charge in [-0.25, -0.2) is 9.59 Å². The summed E-state index contributed by atoms with van der Waals surface area (Å²) in [6, 6.07) is -0.452. The van der Waals surface area contributed by atoms with Crippen LogP contribution in [-0.2, 0) is 0 Å². The van der Waals surface area contributed by atoms with Crippen molar-refractivity contribution < 1.29 is 14.7 Å². The van der Waals surface area contributed by atoms with E-state index in [0.29, 0.717) is 5.69 Å². The molecule has 0 saturated heterocycles. The number of carboxylic acid groups (broad SMARTS) is 1. The highest BCUT2D eigenvalue weighted by molar-refractivity contribution is 6.00. The van der Waals surface area contributed by atoms with Gasteiger partial charge in [0.15, 0.2) is 0 Å². The van der Waals surface area contributed by atoms with Crippen molar-refractivity contribution in [3.63, 3.8) is 0 Å². The molecule has 1 aromatic heterocycles. The van der Waals surface area contributed by atoms with Crippen LogP contribution >= 0.6 is 0 Å². The summed E-state index contributed by atoms with van der Waals surface area (Å²) in [4.78, 5) is 24.4. The Bertz CT molecular complexity index is 370. The van der Waals surface area contributed by atoms with Gasteiger partial charge in [0, 0.05) is 18.9 Å². The van der Waals surface area contributed by atoms with Gasteiger partial charge in [0.2, 0.25) is 0 Å². The first-order valence-corrected chi connectivity index (χ1v) is 3.96. The number of aromatic nitrogens is 1. The highest BCUT2D eigenvalue weighted by Gasteiger charge is 2.16. The van der Waals surface area contributed by atoms with Crippen molar-refractivity contribution in [1.82, 2.24) is 10.3 Å². The Labute approximate surface area is 80.3 Å². The Hall–Kier alpha value is -1.98. The molecular weight excluding hydrogens is 186 g/mol. The second-order valence-electron chi connectivity index (χ2n) is 2.71. The molecule has 0 fully saturated rings. The molecule has 0 spiro atoms. The van der Waals surface area contributed by atoms with E-state index >= 15 is 0 Å². The standard InChI is InChI=1S/C8H11N3O3/c1-4-6(7(12)13)5(3-10-4)11-8(14)9-2/h3,10H,1-2H3,(H,12,13)(H2,9,11,14). The quantitative estimate of drug-likeness (QED) is 0.564. The van der Waals surface area contributed by atoms with E-state index in [-0.39, 0.29) is 11.3 Å². The minimum atomic E-state index is -1.07. The molecule has 0 saturated carbocycles. The highest BCUT2D eigenvalue weighted by atomic mass is 16.4. The summed E-state index contributed by atoms with van der Waals surface area (Å²) in [7, 11) is 1.45. The lowest BCUT2D eigenvalue weighted by Crippen LogP contribution is -2.25. The number of amides is 2. The van der Waals surface area contributed by atoms with Gasteiger partial charge in [0.1, 0.15) is 5.56 Å². The fraction of sp³-hybridized carbons (Fsp3) is 0.250. The molecule has 0 aliphatic rings. The summed E-state index contributed by atoms with van der Waals surface area (Å²) in [5.41, 5.74) is 0.840. The Morgan fingerprint density at radius 1 is 1.50 bits per heavy atom. The van der Waals surface area contributed by atoms with Crippen molar-refractivity contribution in [2.75, 3.05) is 12.4 Å². The first kappa shape index (κ1) is 10.1. The molecule has 0 radical (unpaired) electrons. The Kier molecular flexibility index (Phi) is 2.76. The molecular formula is C8H11N3O3. The van der Waals surface area contributed by atoms with Gasteiger partial charge in [-0.2, -0.15) is 0 Å². The van der Waals surface area contributed by atoms with Gasteiger partial charge in [0.05, 0.1) is 5.69 Å². The van der Waals surface area contributed by atoms with Crippen molar-refractivity contribution in [2.24, 2.45) is 0 Å². The second kappa shape index (κ2) is 3.82. The molecule has 1 aromatic rings. The summed E-state index contributed by atoms with van der Waals surface area (Å²) < 4.78 is 0. The zero-order chi connectivity index (χ0) is 10.7. The fourth-order valence-electron chi connectivity index (χ4n) is 1.09. The lowest BCUT2D eigenvalue weighted by atomic mass is 10.2. The maximum atomic E-state index is 10.9. The lowest BCUT2D eigenvalue weighted by molar-refractivity contribution is 0.0697. The van der Waals surface area contributed by atoms with E-state index in [1.807, 2.05) is 0 Å². The molecule has 6 nitrogen and oxygen atoms in total. The van der Waals surface area contributed by atoms with Crippen LogP contribution < -0.4 is 10.6 Å². The lowest BCUT2D eigenvalue weighted by Gasteiger charge is -2.02. The molecule has 14 heavy (non-hydrogen) atoms. The predicted octanol–water partition coefficient (Wildman–Crippen LogP) is 0.773. The molecule has 4 N–H and O–H groups in total. The Morgan fingerprint density at radius 2 is 2.14 bits per heavy atom. The predicted molar refractivity (Wildman–Crippen MR) is 50.6 cm³/mol. The van der Waals surface area contributed by atoms with Gasteiger partial charge < -0.3 is 20.7 Å². The third-order valence-corrected chi connectivity index (χ3v) is 1.77. The minimum Gasteiger partial charge on any atom is -0.478 e. The van der Waals surface area contributed by atoms with Crippen molar-refractivity contribution >= 4 is 17.7 Å². The SMILES string of the molecule is CNC(=O)Nc1c[nH]c(C)c1C(=O)O. The molecule has 0 aliphatic heterocycles. The maximum absolute atomic E-state index is 10.9. The number of carbonyl (C=O) groups is 2. The number of anilines is 1. The number of aromatic carboxylic acids is 1. The zero-order valence-corrected chi connectivity index (χ0v) is 7.84. The third kappa shape index (κ3) is 1.85. The fourth-order valence-corrected chi connectivity index (χ4v) is 1.09. The number of carboxylic acids is 1. The van der Waals surface area contributed by atoms with Crippen LogP contribution in [0.1, 0.15) is 16.1 Å². The molecule has 0 aromatic carbocycles. The van der Waals surface area contributed by atoms with Crippen LogP contribution in [0.3, 0.4) is 0 Å². The van der Waals surface area contributed by atoms with Crippen LogP contribution in [0.5, 0.6) is 0 Å². The van der Waals surface area contributed by atoms with Crippen LogP contribution in [0.25, 0.3) is 0 Å². The monoisotopic (exact) mass is 197 g/mol. The Morgan fingerprint density at radius 3 is 2.64 bits per heavy atom. The van der Waals surface area contributed by atoms with Crippen LogP contribution in [0, 0.1) is 6.92 Å². The van der Waals surface area contributed by atoms with Gasteiger partial charge >= 0.3 is 12.0 Å². The minimum absolute atomic E-state index is 0.0774. The van der Waals surface area contributed by atoms with Crippen LogP contribution in [0.2, 0.25) is 0 Å². The number of H-pyrrole nitrogens is 1. The van der Waals surface area contributed by atoms with Crippen molar-refractivity contribution in [3.05, 3.63) is 17.5 Å². The number of hydrogen-bond acceptors (Lipinski definition) is 2. The van der Waals surface area contributed by atoms with Gasteiger partial charge in [-0.1, -0.05) is 0 Å². The smallest absolute Gasteiger partial charge is 0.339 e. The van der Waals surface area contributed by atoms with Gasteiger partial charge in [-0.05, 0) is 6.92 Å². The first-order chi connectivity index (χ1) is 6.56. The highest BCUT2D eigenvalue weighted by Crippen LogP contribution is 2.18. The molecule has 2 amide bonds. The van der Waals surface area contributed by atoms with E-state index in [9.17, 15) is 9.59 Å². The number of urea groups is 1. The van der Waals surface area contributed by atoms with Crippen molar-refractivity contribution in [1.29, 1.82) is 0 Å². The average Bonchev–Trinajstić information content (AvgIpc) is 2.46. The summed E-state index contributed by atoms with van der Waals surface area (Å²) in [6.07, 6.45) is 1.44. The van der Waals surface area contributed by atoms with E-state index in [4.69, 9.17) is 5.11 Å². The van der Waals surface area contributed by atoms with E-state index in [2.05, 4.69) is 15.6 Å². The van der Waals surface area contributed by atoms with Gasteiger partial charge in [-0.15, -0.1) is 0 Å². The molecule has 0 unspecified atom stereocenters. The number of aromatic amines is 1. The zero-order valence-electron chi connectivity index (χ0n) is 7.84. The topological polar surface area (TPSA) is 94.2 Å². The third-order valence-electron chi connectivity index (χ3n) is 1.77. The van der Waals surface area contributed by atoms with E-state index in [1.54, 1.807) is 6.92 Å². The molecule has 0 bridgehead atoms. The number of nitrogens with one attached hydrogen (secondary N) is 3. The number of aryl methyl sites for hydroxylation is 1. The molecule has 1 rings (SSSR count). The molecule has 1 heterocycles. The summed E-state index contributed by atoms with van der Waals surface area (Å²) in [6.45, 7) is 1.62.